The molecule has 0 bridgehead atoms. The summed E-state index contributed by atoms with van der Waals surface area (Å²) in [6.07, 6.45) is 5.98. The van der Waals surface area contributed by atoms with E-state index in [2.05, 4.69) is 5.10 Å². The molecule has 0 spiro atoms. The standard InChI is InChI=1S/C22H20FN3O2/c1-3-15-8-9-19(23)20-18(22(27)28)13-26(21(15)20)11-14-4-6-16(7-5-14)17-10-24-25(2)12-17/h4-10,12-13H,3,11H2,1-2H3,(H,27,28). The largest absolute Gasteiger partial charge is 0.478 e. The average molecular weight is 377 g/mol. The maximum atomic E-state index is 14.4. The summed E-state index contributed by atoms with van der Waals surface area (Å²) < 4.78 is 18.0. The molecule has 0 unspecified atom stereocenters. The van der Waals surface area contributed by atoms with Crippen molar-refractivity contribution in [1.82, 2.24) is 14.3 Å². The van der Waals surface area contributed by atoms with Crippen LogP contribution in [0.5, 0.6) is 0 Å². The first-order chi connectivity index (χ1) is 13.5. The normalized spacial score (nSPS) is 11.2. The van der Waals surface area contributed by atoms with Gasteiger partial charge in [0, 0.05) is 31.5 Å². The highest BCUT2D eigenvalue weighted by Gasteiger charge is 2.20. The summed E-state index contributed by atoms with van der Waals surface area (Å²) >= 11 is 0. The molecule has 0 aliphatic carbocycles. The Morgan fingerprint density at radius 1 is 1.11 bits per heavy atom. The summed E-state index contributed by atoms with van der Waals surface area (Å²) in [5.41, 5.74) is 4.67. The first kappa shape index (κ1) is 18.0. The van der Waals surface area contributed by atoms with Crippen LogP contribution in [0.4, 0.5) is 4.39 Å². The molecule has 2 aromatic heterocycles. The molecule has 5 nitrogen and oxygen atoms in total. The van der Waals surface area contributed by atoms with E-state index in [0.717, 1.165) is 22.3 Å². The molecule has 6 heteroatoms. The van der Waals surface area contributed by atoms with Gasteiger partial charge < -0.3 is 9.67 Å². The lowest BCUT2D eigenvalue weighted by molar-refractivity contribution is 0.0698. The van der Waals surface area contributed by atoms with Gasteiger partial charge in [0.2, 0.25) is 0 Å². The van der Waals surface area contributed by atoms with Crippen LogP contribution in [-0.4, -0.2) is 25.4 Å². The number of nitrogens with zero attached hydrogens (tertiary/aromatic N) is 3. The molecule has 0 aliphatic rings. The molecule has 4 aromatic rings. The van der Waals surface area contributed by atoms with Gasteiger partial charge in [-0.3, -0.25) is 4.68 Å². The van der Waals surface area contributed by atoms with Crippen LogP contribution < -0.4 is 0 Å². The van der Waals surface area contributed by atoms with E-state index in [-0.39, 0.29) is 10.9 Å². The fourth-order valence-electron chi connectivity index (χ4n) is 3.62. The van der Waals surface area contributed by atoms with Crippen molar-refractivity contribution < 1.29 is 14.3 Å². The Labute approximate surface area is 161 Å². The predicted octanol–water partition coefficient (Wildman–Crippen LogP) is 4.49. The number of aryl methyl sites for hydroxylation is 2. The second kappa shape index (κ2) is 6.96. The Hall–Kier alpha value is -3.41. The number of carbonyl (C=O) groups is 1. The van der Waals surface area contributed by atoms with Gasteiger partial charge in [-0.2, -0.15) is 5.10 Å². The van der Waals surface area contributed by atoms with Crippen LogP contribution >= 0.6 is 0 Å². The topological polar surface area (TPSA) is 60.0 Å². The second-order valence-corrected chi connectivity index (χ2v) is 6.86. The summed E-state index contributed by atoms with van der Waals surface area (Å²) in [5.74, 6) is -1.63. The minimum Gasteiger partial charge on any atom is -0.478 e. The summed E-state index contributed by atoms with van der Waals surface area (Å²) in [7, 11) is 1.87. The Kier molecular flexibility index (Phi) is 4.47. The van der Waals surface area contributed by atoms with E-state index in [1.807, 2.05) is 55.2 Å². The van der Waals surface area contributed by atoms with Gasteiger partial charge in [0.1, 0.15) is 5.82 Å². The number of benzene rings is 2. The highest BCUT2D eigenvalue weighted by molar-refractivity contribution is 6.04. The van der Waals surface area contributed by atoms with E-state index in [4.69, 9.17) is 0 Å². The van der Waals surface area contributed by atoms with E-state index in [0.29, 0.717) is 18.5 Å². The summed E-state index contributed by atoms with van der Waals surface area (Å²) in [6, 6.07) is 11.1. The van der Waals surface area contributed by atoms with Crippen molar-refractivity contribution in [3.63, 3.8) is 0 Å². The quantitative estimate of drug-likeness (QED) is 0.557. The lowest BCUT2D eigenvalue weighted by atomic mass is 10.1. The number of aromatic carboxylic acids is 1. The highest BCUT2D eigenvalue weighted by Crippen LogP contribution is 2.29. The SMILES string of the molecule is CCc1ccc(F)c2c(C(=O)O)cn(Cc3ccc(-c4cnn(C)c4)cc3)c12. The molecule has 0 amide bonds. The summed E-state index contributed by atoms with van der Waals surface area (Å²) in [5, 5.41) is 13.9. The highest BCUT2D eigenvalue weighted by atomic mass is 19.1. The molecule has 28 heavy (non-hydrogen) atoms. The second-order valence-electron chi connectivity index (χ2n) is 6.86. The third-order valence-corrected chi connectivity index (χ3v) is 5.01. The zero-order valence-electron chi connectivity index (χ0n) is 15.7. The molecule has 0 fully saturated rings. The van der Waals surface area contributed by atoms with Crippen LogP contribution in [0.1, 0.15) is 28.4 Å². The molecule has 0 aliphatic heterocycles. The number of carboxylic acid groups (broad SMARTS) is 1. The van der Waals surface area contributed by atoms with Crippen LogP contribution in [0, 0.1) is 5.82 Å². The number of rotatable bonds is 5. The molecule has 4 rings (SSSR count). The maximum Gasteiger partial charge on any atom is 0.337 e. The van der Waals surface area contributed by atoms with E-state index in [1.165, 1.54) is 12.3 Å². The lowest BCUT2D eigenvalue weighted by Crippen LogP contribution is -2.00. The van der Waals surface area contributed by atoms with Crippen molar-refractivity contribution in [1.29, 1.82) is 0 Å². The Morgan fingerprint density at radius 2 is 1.86 bits per heavy atom. The van der Waals surface area contributed by atoms with Crippen LogP contribution in [0.3, 0.4) is 0 Å². The van der Waals surface area contributed by atoms with Crippen LogP contribution in [0.25, 0.3) is 22.0 Å². The first-order valence-corrected chi connectivity index (χ1v) is 9.09. The smallest absolute Gasteiger partial charge is 0.337 e. The van der Waals surface area contributed by atoms with Crippen LogP contribution in [0.2, 0.25) is 0 Å². The van der Waals surface area contributed by atoms with Crippen molar-refractivity contribution in [3.8, 4) is 11.1 Å². The number of carboxylic acids is 1. The first-order valence-electron chi connectivity index (χ1n) is 9.09. The number of halogens is 1. The van der Waals surface area contributed by atoms with Gasteiger partial charge in [0.05, 0.1) is 22.7 Å². The molecule has 0 atom stereocenters. The van der Waals surface area contributed by atoms with Crippen LogP contribution in [0.15, 0.2) is 55.0 Å². The molecule has 2 heterocycles. The maximum absolute atomic E-state index is 14.4. The third-order valence-electron chi connectivity index (χ3n) is 5.01. The molecule has 0 radical (unpaired) electrons. The Morgan fingerprint density at radius 3 is 2.46 bits per heavy atom. The monoisotopic (exact) mass is 377 g/mol. The lowest BCUT2D eigenvalue weighted by Gasteiger charge is -2.10. The molecule has 0 saturated heterocycles. The van der Waals surface area contributed by atoms with Crippen molar-refractivity contribution in [2.45, 2.75) is 19.9 Å². The molecule has 1 N–H and O–H groups in total. The van der Waals surface area contributed by atoms with Crippen molar-refractivity contribution >= 4 is 16.9 Å². The number of fused-ring (bicyclic) bond motifs is 1. The van der Waals surface area contributed by atoms with Crippen molar-refractivity contribution in [2.75, 3.05) is 0 Å². The van der Waals surface area contributed by atoms with Gasteiger partial charge >= 0.3 is 5.97 Å². The number of hydrogen-bond donors (Lipinski definition) is 1. The minimum atomic E-state index is -1.12. The van der Waals surface area contributed by atoms with Crippen molar-refractivity contribution in [3.05, 3.63) is 77.5 Å². The van der Waals surface area contributed by atoms with Crippen LogP contribution in [-0.2, 0) is 20.0 Å². The molecular weight excluding hydrogens is 357 g/mol. The predicted molar refractivity (Wildman–Crippen MR) is 106 cm³/mol. The van der Waals surface area contributed by atoms with E-state index < -0.39 is 11.8 Å². The molecule has 0 saturated carbocycles. The van der Waals surface area contributed by atoms with E-state index >= 15 is 0 Å². The Bertz CT molecular complexity index is 1170. The number of hydrogen-bond acceptors (Lipinski definition) is 2. The van der Waals surface area contributed by atoms with Gasteiger partial charge in [0.25, 0.3) is 0 Å². The van der Waals surface area contributed by atoms with E-state index in [1.54, 1.807) is 10.7 Å². The fraction of sp³-hybridized carbons (Fsp3) is 0.182. The Balaban J connectivity index is 1.75. The molecule has 142 valence electrons. The minimum absolute atomic E-state index is 0.00483. The average Bonchev–Trinajstić information content (AvgIpc) is 3.28. The van der Waals surface area contributed by atoms with Gasteiger partial charge in [0.15, 0.2) is 0 Å². The summed E-state index contributed by atoms with van der Waals surface area (Å²) in [6.45, 7) is 2.45. The van der Waals surface area contributed by atoms with Gasteiger partial charge in [-0.15, -0.1) is 0 Å². The van der Waals surface area contributed by atoms with Gasteiger partial charge in [-0.1, -0.05) is 37.3 Å². The number of aromatic nitrogens is 3. The summed E-state index contributed by atoms with van der Waals surface area (Å²) in [4.78, 5) is 11.6. The van der Waals surface area contributed by atoms with Gasteiger partial charge in [-0.05, 0) is 29.2 Å². The molecule has 2 aromatic carbocycles. The molecular formula is C22H20FN3O2. The zero-order chi connectivity index (χ0) is 19.8. The van der Waals surface area contributed by atoms with E-state index in [9.17, 15) is 14.3 Å². The van der Waals surface area contributed by atoms with Gasteiger partial charge in [-0.25, -0.2) is 9.18 Å². The fourth-order valence-corrected chi connectivity index (χ4v) is 3.62. The zero-order valence-corrected chi connectivity index (χ0v) is 15.7. The van der Waals surface area contributed by atoms with Crippen molar-refractivity contribution in [2.24, 2.45) is 7.05 Å². The third kappa shape index (κ3) is 3.07.